The van der Waals surface area contributed by atoms with Crippen LogP contribution < -0.4 is 20.9 Å². The van der Waals surface area contributed by atoms with Crippen molar-refractivity contribution in [3.63, 3.8) is 0 Å². The molecule has 0 unspecified atom stereocenters. The van der Waals surface area contributed by atoms with Crippen molar-refractivity contribution in [2.45, 2.75) is 6.54 Å². The van der Waals surface area contributed by atoms with Crippen molar-refractivity contribution >= 4 is 39.1 Å². The van der Waals surface area contributed by atoms with Gasteiger partial charge in [0.15, 0.2) is 6.61 Å². The zero-order chi connectivity index (χ0) is 21.4. The second kappa shape index (κ2) is 7.69. The van der Waals surface area contributed by atoms with E-state index in [4.69, 9.17) is 4.74 Å². The number of aromatic amines is 1. The van der Waals surface area contributed by atoms with Crippen LogP contribution in [0.2, 0.25) is 0 Å². The number of fused-ring (bicyclic) bond motifs is 2. The summed E-state index contributed by atoms with van der Waals surface area (Å²) < 4.78 is 5.33. The third-order valence-electron chi connectivity index (χ3n) is 4.87. The number of thiophene rings is 1. The van der Waals surface area contributed by atoms with Gasteiger partial charge in [-0.3, -0.25) is 14.4 Å². The van der Waals surface area contributed by atoms with E-state index >= 15 is 0 Å². The third-order valence-corrected chi connectivity index (χ3v) is 5.75. The van der Waals surface area contributed by atoms with Crippen LogP contribution in [0.3, 0.4) is 0 Å². The quantitative estimate of drug-likeness (QED) is 0.459. The monoisotopic (exact) mass is 432 g/mol. The maximum absolute atomic E-state index is 12.7. The summed E-state index contributed by atoms with van der Waals surface area (Å²) in [6.07, 6.45) is 0. The fraction of sp³-hybridized carbons (Fsp3) is 0.0909. The van der Waals surface area contributed by atoms with Crippen molar-refractivity contribution in [3.05, 3.63) is 75.7 Å². The van der Waals surface area contributed by atoms with E-state index in [1.54, 1.807) is 18.2 Å². The molecule has 0 atom stereocenters. The van der Waals surface area contributed by atoms with E-state index in [0.717, 1.165) is 16.7 Å². The number of H-pyrrole nitrogens is 1. The van der Waals surface area contributed by atoms with Gasteiger partial charge in [0.1, 0.15) is 10.6 Å². The largest absolute Gasteiger partial charge is 0.482 e. The number of nitrogens with one attached hydrogen (secondary N) is 3. The molecule has 0 spiro atoms. The van der Waals surface area contributed by atoms with E-state index in [1.807, 2.05) is 35.7 Å². The van der Waals surface area contributed by atoms with Crippen LogP contribution in [-0.4, -0.2) is 28.4 Å². The lowest BCUT2D eigenvalue weighted by Gasteiger charge is -2.18. The van der Waals surface area contributed by atoms with Crippen molar-refractivity contribution in [2.75, 3.05) is 11.9 Å². The number of carbonyl (C=O) groups is 2. The van der Waals surface area contributed by atoms with Crippen molar-refractivity contribution < 1.29 is 14.3 Å². The molecule has 0 fully saturated rings. The molecule has 1 aliphatic rings. The Hall–Kier alpha value is -3.98. The van der Waals surface area contributed by atoms with E-state index in [9.17, 15) is 14.4 Å². The molecule has 1 aliphatic heterocycles. The number of aromatic nitrogens is 2. The molecule has 154 valence electrons. The van der Waals surface area contributed by atoms with Gasteiger partial charge in [0, 0.05) is 17.5 Å². The number of hydrogen-bond acceptors (Lipinski definition) is 6. The number of benzene rings is 2. The summed E-state index contributed by atoms with van der Waals surface area (Å²) in [5.41, 5.74) is 2.68. The lowest BCUT2D eigenvalue weighted by atomic mass is 10.1. The Balaban J connectivity index is 1.36. The highest BCUT2D eigenvalue weighted by atomic mass is 32.1. The first-order chi connectivity index (χ1) is 15.1. The number of ether oxygens (including phenoxy) is 1. The molecule has 0 bridgehead atoms. The minimum Gasteiger partial charge on any atom is -0.482 e. The third kappa shape index (κ3) is 3.66. The molecule has 3 N–H and O–H groups in total. The van der Waals surface area contributed by atoms with E-state index in [-0.39, 0.29) is 30.4 Å². The topological polar surface area (TPSA) is 113 Å². The van der Waals surface area contributed by atoms with Crippen molar-refractivity contribution in [1.82, 2.24) is 15.3 Å². The lowest BCUT2D eigenvalue weighted by Crippen LogP contribution is -2.28. The van der Waals surface area contributed by atoms with Crippen molar-refractivity contribution in [3.8, 4) is 16.9 Å². The van der Waals surface area contributed by atoms with Gasteiger partial charge in [0.2, 0.25) is 5.82 Å². The van der Waals surface area contributed by atoms with E-state index in [2.05, 4.69) is 20.6 Å². The van der Waals surface area contributed by atoms with Gasteiger partial charge in [-0.25, -0.2) is 4.98 Å². The zero-order valence-corrected chi connectivity index (χ0v) is 16.9. The molecule has 2 amide bonds. The summed E-state index contributed by atoms with van der Waals surface area (Å²) in [4.78, 5) is 44.2. The summed E-state index contributed by atoms with van der Waals surface area (Å²) in [5.74, 6) is -0.187. The molecule has 5 rings (SSSR count). The smallest absolute Gasteiger partial charge is 0.287 e. The highest BCUT2D eigenvalue weighted by molar-refractivity contribution is 7.17. The van der Waals surface area contributed by atoms with Crippen LogP contribution in [0, 0.1) is 0 Å². The average molecular weight is 432 g/mol. The van der Waals surface area contributed by atoms with Gasteiger partial charge in [-0.1, -0.05) is 36.4 Å². The molecule has 0 saturated heterocycles. The summed E-state index contributed by atoms with van der Waals surface area (Å²) in [5, 5.41) is 7.81. The lowest BCUT2D eigenvalue weighted by molar-refractivity contribution is -0.118. The van der Waals surface area contributed by atoms with Gasteiger partial charge >= 0.3 is 0 Å². The Morgan fingerprint density at radius 3 is 2.84 bits per heavy atom. The van der Waals surface area contributed by atoms with Gasteiger partial charge < -0.3 is 20.4 Å². The van der Waals surface area contributed by atoms with Crippen LogP contribution in [0.4, 0.5) is 5.69 Å². The summed E-state index contributed by atoms with van der Waals surface area (Å²) in [6, 6.07) is 14.8. The predicted molar refractivity (Wildman–Crippen MR) is 117 cm³/mol. The molecule has 0 aliphatic carbocycles. The molecule has 8 nitrogen and oxygen atoms in total. The number of carbonyl (C=O) groups excluding carboxylic acids is 2. The van der Waals surface area contributed by atoms with E-state index < -0.39 is 5.91 Å². The van der Waals surface area contributed by atoms with Gasteiger partial charge in [-0.05, 0) is 23.3 Å². The fourth-order valence-electron chi connectivity index (χ4n) is 3.39. The van der Waals surface area contributed by atoms with Gasteiger partial charge in [0.05, 0.1) is 11.1 Å². The summed E-state index contributed by atoms with van der Waals surface area (Å²) in [7, 11) is 0. The van der Waals surface area contributed by atoms with Gasteiger partial charge in [-0.15, -0.1) is 11.3 Å². The van der Waals surface area contributed by atoms with Crippen LogP contribution in [0.5, 0.6) is 5.75 Å². The zero-order valence-electron chi connectivity index (χ0n) is 16.1. The molecular weight excluding hydrogens is 416 g/mol. The number of nitrogens with zero attached hydrogens (tertiary/aromatic N) is 1. The first-order valence-corrected chi connectivity index (χ1v) is 10.4. The van der Waals surface area contributed by atoms with Crippen LogP contribution in [0.25, 0.3) is 21.3 Å². The normalized spacial score (nSPS) is 12.7. The Bertz CT molecular complexity index is 1380. The minimum absolute atomic E-state index is 0.0146. The fourth-order valence-corrected chi connectivity index (χ4v) is 4.34. The number of rotatable bonds is 4. The Labute approximate surface area is 179 Å². The summed E-state index contributed by atoms with van der Waals surface area (Å²) >= 11 is 1.32. The Kier molecular flexibility index (Phi) is 4.72. The second-order valence-electron chi connectivity index (χ2n) is 6.96. The maximum atomic E-state index is 12.7. The molecule has 0 saturated carbocycles. The molecule has 2 aromatic carbocycles. The molecule has 4 aromatic rings. The summed E-state index contributed by atoms with van der Waals surface area (Å²) in [6.45, 7) is 0.183. The van der Waals surface area contributed by atoms with Crippen molar-refractivity contribution in [2.24, 2.45) is 0 Å². The van der Waals surface area contributed by atoms with E-state index in [1.165, 1.54) is 11.3 Å². The molecule has 0 radical (unpaired) electrons. The first kappa shape index (κ1) is 19.0. The minimum atomic E-state index is -0.494. The predicted octanol–water partition coefficient (Wildman–Crippen LogP) is 2.91. The SMILES string of the molecule is O=C1COc2ccc(CNC(=O)c3nc4scc(-c5ccccc5)c4c(=O)[nH]3)cc2N1. The maximum Gasteiger partial charge on any atom is 0.287 e. The van der Waals surface area contributed by atoms with Crippen LogP contribution in [0.1, 0.15) is 16.2 Å². The van der Waals surface area contributed by atoms with Crippen LogP contribution in [-0.2, 0) is 11.3 Å². The Morgan fingerprint density at radius 2 is 2.00 bits per heavy atom. The molecule has 2 aromatic heterocycles. The number of amides is 2. The van der Waals surface area contributed by atoms with Crippen LogP contribution in [0.15, 0.2) is 58.7 Å². The standard InChI is InChI=1S/C22H16N4O4S/c27-17-10-30-16-7-6-12(8-15(16)24-17)9-23-21(29)19-25-20(28)18-14(11-31-22(18)26-19)13-4-2-1-3-5-13/h1-8,11H,9-10H2,(H,23,29)(H,24,27)(H,25,26,28). The highest BCUT2D eigenvalue weighted by Gasteiger charge is 2.18. The Morgan fingerprint density at radius 1 is 1.16 bits per heavy atom. The molecular formula is C22H16N4O4S. The number of anilines is 1. The highest BCUT2D eigenvalue weighted by Crippen LogP contribution is 2.30. The first-order valence-electron chi connectivity index (χ1n) is 9.49. The van der Waals surface area contributed by atoms with Crippen molar-refractivity contribution in [1.29, 1.82) is 0 Å². The van der Waals surface area contributed by atoms with Gasteiger partial charge in [-0.2, -0.15) is 0 Å². The van der Waals surface area contributed by atoms with E-state index in [0.29, 0.717) is 21.7 Å². The average Bonchev–Trinajstić information content (AvgIpc) is 3.22. The molecule has 3 heterocycles. The van der Waals surface area contributed by atoms with Crippen LogP contribution >= 0.6 is 11.3 Å². The molecule has 31 heavy (non-hydrogen) atoms. The van der Waals surface area contributed by atoms with Gasteiger partial charge in [0.25, 0.3) is 17.4 Å². The molecule has 9 heteroatoms. The second-order valence-corrected chi connectivity index (χ2v) is 7.82. The number of hydrogen-bond donors (Lipinski definition) is 3.